The first-order valence-electron chi connectivity index (χ1n) is 11.1. The van der Waals surface area contributed by atoms with Gasteiger partial charge in [-0.1, -0.05) is 18.9 Å². The molecule has 0 bridgehead atoms. The number of methoxy groups -OCH3 is 1. The van der Waals surface area contributed by atoms with E-state index in [1.165, 1.54) is 31.2 Å². The van der Waals surface area contributed by atoms with Gasteiger partial charge in [0.25, 0.3) is 0 Å². The highest BCUT2D eigenvalue weighted by atomic mass is 16.5. The van der Waals surface area contributed by atoms with Gasteiger partial charge in [0.1, 0.15) is 5.54 Å². The molecule has 28 heavy (non-hydrogen) atoms. The summed E-state index contributed by atoms with van der Waals surface area (Å²) in [5, 5.41) is 0. The summed E-state index contributed by atoms with van der Waals surface area (Å²) in [6, 6.07) is 7.13. The van der Waals surface area contributed by atoms with Crippen LogP contribution in [-0.2, 0) is 4.79 Å². The molecule has 1 saturated carbocycles. The summed E-state index contributed by atoms with van der Waals surface area (Å²) < 4.78 is 11.3. The SMILES string of the molecule is CCOc1cc([C@@H]2C[C@H]3CN(C4CCCC4)C(=O)[C@]34CCCN24)ccc1OC. The lowest BCUT2D eigenvalue weighted by Gasteiger charge is -2.35. The van der Waals surface area contributed by atoms with E-state index in [-0.39, 0.29) is 5.54 Å². The predicted octanol–water partition coefficient (Wildman–Crippen LogP) is 3.77. The first-order chi connectivity index (χ1) is 13.7. The summed E-state index contributed by atoms with van der Waals surface area (Å²) >= 11 is 0. The molecule has 4 aliphatic rings. The second kappa shape index (κ2) is 6.94. The van der Waals surface area contributed by atoms with Gasteiger partial charge >= 0.3 is 0 Å². The number of carbonyl (C=O) groups is 1. The van der Waals surface area contributed by atoms with Crippen LogP contribution < -0.4 is 9.47 Å². The summed E-state index contributed by atoms with van der Waals surface area (Å²) in [6.07, 6.45) is 8.21. The third kappa shape index (κ3) is 2.51. The van der Waals surface area contributed by atoms with Gasteiger partial charge in [-0.2, -0.15) is 0 Å². The Morgan fingerprint density at radius 2 is 2.00 bits per heavy atom. The van der Waals surface area contributed by atoms with E-state index in [0.717, 1.165) is 43.9 Å². The highest BCUT2D eigenvalue weighted by Crippen LogP contribution is 2.57. The molecular formula is C23H32N2O3. The molecular weight excluding hydrogens is 352 g/mol. The molecule has 1 spiro atoms. The Labute approximate surface area is 168 Å². The van der Waals surface area contributed by atoms with Crippen molar-refractivity contribution in [3.05, 3.63) is 23.8 Å². The van der Waals surface area contributed by atoms with E-state index >= 15 is 0 Å². The van der Waals surface area contributed by atoms with Gasteiger partial charge in [0, 0.05) is 24.5 Å². The minimum absolute atomic E-state index is 0.237. The zero-order valence-electron chi connectivity index (χ0n) is 17.2. The third-order valence-electron chi connectivity index (χ3n) is 7.71. The maximum absolute atomic E-state index is 13.7. The number of ether oxygens (including phenoxy) is 2. The molecule has 3 aliphatic heterocycles. The topological polar surface area (TPSA) is 42.0 Å². The van der Waals surface area contributed by atoms with E-state index in [1.54, 1.807) is 7.11 Å². The standard InChI is InChI=1S/C23H32N2O3/c1-3-28-21-13-16(9-10-20(21)27-2)19-14-17-15-24(18-7-4-5-8-18)22(26)23(17)11-6-12-25(19)23/h9-10,13,17-19H,3-8,11-12,14-15H2,1-2H3/t17-,19-,23-/m0/s1. The van der Waals surface area contributed by atoms with Crippen molar-refractivity contribution in [2.75, 3.05) is 26.8 Å². The molecule has 152 valence electrons. The molecule has 0 unspecified atom stereocenters. The van der Waals surface area contributed by atoms with Crippen LogP contribution in [0.3, 0.4) is 0 Å². The molecule has 3 saturated heterocycles. The van der Waals surface area contributed by atoms with Crippen molar-refractivity contribution in [1.29, 1.82) is 0 Å². The van der Waals surface area contributed by atoms with Crippen LogP contribution in [0.2, 0.25) is 0 Å². The molecule has 0 radical (unpaired) electrons. The lowest BCUT2D eigenvalue weighted by Crippen LogP contribution is -2.51. The lowest BCUT2D eigenvalue weighted by atomic mass is 9.85. The summed E-state index contributed by atoms with van der Waals surface area (Å²) in [4.78, 5) is 18.5. The highest BCUT2D eigenvalue weighted by molar-refractivity contribution is 5.90. The largest absolute Gasteiger partial charge is 0.493 e. The molecule has 5 nitrogen and oxygen atoms in total. The predicted molar refractivity (Wildman–Crippen MR) is 108 cm³/mol. The van der Waals surface area contributed by atoms with E-state index in [9.17, 15) is 4.79 Å². The van der Waals surface area contributed by atoms with E-state index in [2.05, 4.69) is 21.9 Å². The van der Waals surface area contributed by atoms with Crippen LogP contribution in [0.15, 0.2) is 18.2 Å². The van der Waals surface area contributed by atoms with Crippen molar-refractivity contribution in [1.82, 2.24) is 9.80 Å². The smallest absolute Gasteiger partial charge is 0.243 e. The van der Waals surface area contributed by atoms with E-state index in [1.807, 2.05) is 13.0 Å². The van der Waals surface area contributed by atoms with E-state index < -0.39 is 0 Å². The molecule has 5 rings (SSSR count). The molecule has 0 aromatic heterocycles. The molecule has 1 aromatic rings. The minimum atomic E-state index is -0.237. The minimum Gasteiger partial charge on any atom is -0.493 e. The van der Waals surface area contributed by atoms with Crippen LogP contribution in [0.1, 0.15) is 63.5 Å². The fraction of sp³-hybridized carbons (Fsp3) is 0.696. The zero-order chi connectivity index (χ0) is 19.3. The van der Waals surface area contributed by atoms with Gasteiger partial charge in [-0.25, -0.2) is 0 Å². The van der Waals surface area contributed by atoms with Crippen LogP contribution in [0, 0.1) is 5.92 Å². The van der Waals surface area contributed by atoms with Gasteiger partial charge < -0.3 is 14.4 Å². The Morgan fingerprint density at radius 1 is 1.18 bits per heavy atom. The molecule has 1 aliphatic carbocycles. The van der Waals surface area contributed by atoms with Crippen LogP contribution in [0.5, 0.6) is 11.5 Å². The van der Waals surface area contributed by atoms with Gasteiger partial charge in [-0.05, 0) is 63.3 Å². The lowest BCUT2D eigenvalue weighted by molar-refractivity contribution is -0.138. The fourth-order valence-corrected chi connectivity index (χ4v) is 6.54. The van der Waals surface area contributed by atoms with Gasteiger partial charge in [0.15, 0.2) is 11.5 Å². The number of nitrogens with zero attached hydrogens (tertiary/aromatic N) is 2. The van der Waals surface area contributed by atoms with Crippen molar-refractivity contribution in [2.45, 2.75) is 69.5 Å². The van der Waals surface area contributed by atoms with Crippen LogP contribution in [0.4, 0.5) is 0 Å². The molecule has 1 aromatic carbocycles. The third-order valence-corrected chi connectivity index (χ3v) is 7.71. The molecule has 3 heterocycles. The number of benzene rings is 1. The van der Waals surface area contributed by atoms with Gasteiger partial charge in [0.2, 0.25) is 5.91 Å². The maximum Gasteiger partial charge on any atom is 0.243 e. The molecule has 3 atom stereocenters. The second-order valence-corrected chi connectivity index (χ2v) is 8.91. The molecule has 4 fully saturated rings. The monoisotopic (exact) mass is 384 g/mol. The summed E-state index contributed by atoms with van der Waals surface area (Å²) in [5.74, 6) is 2.49. The summed E-state index contributed by atoms with van der Waals surface area (Å²) in [5.41, 5.74) is 1.03. The summed E-state index contributed by atoms with van der Waals surface area (Å²) in [6.45, 7) is 4.61. The normalized spacial score (nSPS) is 32.8. The number of carbonyl (C=O) groups excluding carboxylic acids is 1. The molecule has 0 N–H and O–H groups in total. The van der Waals surface area contributed by atoms with Crippen molar-refractivity contribution in [3.8, 4) is 11.5 Å². The quantitative estimate of drug-likeness (QED) is 0.775. The van der Waals surface area contributed by atoms with Gasteiger partial charge in [-0.3, -0.25) is 9.69 Å². The van der Waals surface area contributed by atoms with E-state index in [4.69, 9.17) is 9.47 Å². The van der Waals surface area contributed by atoms with E-state index in [0.29, 0.717) is 30.5 Å². The van der Waals surface area contributed by atoms with Gasteiger partial charge in [0.05, 0.1) is 13.7 Å². The number of hydrogen-bond acceptors (Lipinski definition) is 4. The Bertz CT molecular complexity index is 760. The number of likely N-dealkylation sites (tertiary alicyclic amines) is 1. The van der Waals surface area contributed by atoms with Crippen molar-refractivity contribution in [3.63, 3.8) is 0 Å². The van der Waals surface area contributed by atoms with Gasteiger partial charge in [-0.15, -0.1) is 0 Å². The van der Waals surface area contributed by atoms with Crippen molar-refractivity contribution >= 4 is 5.91 Å². The first kappa shape index (κ1) is 18.3. The number of hydrogen-bond donors (Lipinski definition) is 0. The zero-order valence-corrected chi connectivity index (χ0v) is 17.2. The van der Waals surface area contributed by atoms with Crippen LogP contribution in [0.25, 0.3) is 0 Å². The summed E-state index contributed by atoms with van der Waals surface area (Å²) in [7, 11) is 1.68. The van der Waals surface area contributed by atoms with Crippen LogP contribution >= 0.6 is 0 Å². The highest BCUT2D eigenvalue weighted by Gasteiger charge is 2.65. The average molecular weight is 385 g/mol. The van der Waals surface area contributed by atoms with Crippen molar-refractivity contribution < 1.29 is 14.3 Å². The maximum atomic E-state index is 13.7. The fourth-order valence-electron chi connectivity index (χ4n) is 6.54. The Kier molecular flexibility index (Phi) is 4.53. The average Bonchev–Trinajstić information content (AvgIpc) is 3.45. The first-order valence-corrected chi connectivity index (χ1v) is 11.1. The Hall–Kier alpha value is -1.75. The molecule has 1 amide bonds. The second-order valence-electron chi connectivity index (χ2n) is 8.91. The van der Waals surface area contributed by atoms with Crippen molar-refractivity contribution in [2.24, 2.45) is 5.92 Å². The Morgan fingerprint density at radius 3 is 2.75 bits per heavy atom. The van der Waals surface area contributed by atoms with Crippen LogP contribution in [-0.4, -0.2) is 54.1 Å². The Balaban J connectivity index is 1.45. The number of rotatable bonds is 5. The molecule has 5 heteroatoms. The number of amides is 1.